The second-order valence-corrected chi connectivity index (χ2v) is 6.90. The molecule has 2 unspecified atom stereocenters. The van der Waals surface area contributed by atoms with Gasteiger partial charge in [-0.3, -0.25) is 4.79 Å². The van der Waals surface area contributed by atoms with Crippen molar-refractivity contribution in [2.45, 2.75) is 71.8 Å². The number of hydrogen-bond donors (Lipinski definition) is 1. The van der Waals surface area contributed by atoms with Crippen molar-refractivity contribution in [3.63, 3.8) is 0 Å². The second kappa shape index (κ2) is 6.75. The van der Waals surface area contributed by atoms with E-state index in [0.29, 0.717) is 18.8 Å². The summed E-state index contributed by atoms with van der Waals surface area (Å²) in [6.45, 7) is 8.73. The quantitative estimate of drug-likeness (QED) is 0.594. The highest BCUT2D eigenvalue weighted by molar-refractivity contribution is 5.70. The van der Waals surface area contributed by atoms with Crippen LogP contribution in [0.25, 0.3) is 0 Å². The normalized spacial score (nSPS) is 24.7. The first-order valence-electron chi connectivity index (χ1n) is 7.70. The lowest BCUT2D eigenvalue weighted by Crippen LogP contribution is -2.35. The molecule has 1 aliphatic rings. The van der Waals surface area contributed by atoms with Crippen LogP contribution in [-0.2, 0) is 9.53 Å². The third-order valence-corrected chi connectivity index (χ3v) is 5.01. The van der Waals surface area contributed by atoms with E-state index in [9.17, 15) is 9.90 Å². The number of rotatable bonds is 6. The second-order valence-electron chi connectivity index (χ2n) is 6.90. The van der Waals surface area contributed by atoms with Crippen molar-refractivity contribution in [1.82, 2.24) is 0 Å². The summed E-state index contributed by atoms with van der Waals surface area (Å²) in [6, 6.07) is 0. The standard InChI is InChI=1S/C17H30O3/c1-6-17(19,12-15(18)20-5)11-9-14-13(2)8-7-10-16(14,3)4/h8,14,19H,6-7,9-12H2,1-5H3. The molecule has 0 bridgehead atoms. The first-order chi connectivity index (χ1) is 9.24. The average Bonchev–Trinajstić information content (AvgIpc) is 2.37. The molecule has 0 radical (unpaired) electrons. The summed E-state index contributed by atoms with van der Waals surface area (Å²) < 4.78 is 4.69. The first-order valence-corrected chi connectivity index (χ1v) is 7.70. The minimum absolute atomic E-state index is 0.0932. The zero-order valence-electron chi connectivity index (χ0n) is 13.7. The third-order valence-electron chi connectivity index (χ3n) is 5.01. The summed E-state index contributed by atoms with van der Waals surface area (Å²) in [6.07, 6.45) is 6.91. The van der Waals surface area contributed by atoms with Gasteiger partial charge in [0.2, 0.25) is 0 Å². The van der Waals surface area contributed by atoms with Crippen LogP contribution in [0, 0.1) is 11.3 Å². The van der Waals surface area contributed by atoms with Crippen LogP contribution >= 0.6 is 0 Å². The van der Waals surface area contributed by atoms with Gasteiger partial charge in [0.25, 0.3) is 0 Å². The SMILES string of the molecule is CCC(O)(CCC1C(C)=CCCC1(C)C)CC(=O)OC. The molecule has 0 aliphatic heterocycles. The van der Waals surface area contributed by atoms with Crippen molar-refractivity contribution in [3.05, 3.63) is 11.6 Å². The fourth-order valence-corrected chi connectivity index (χ4v) is 3.37. The Morgan fingerprint density at radius 1 is 1.55 bits per heavy atom. The Morgan fingerprint density at radius 2 is 2.20 bits per heavy atom. The highest BCUT2D eigenvalue weighted by Crippen LogP contribution is 2.44. The molecule has 0 heterocycles. The number of carbonyl (C=O) groups excluding carboxylic acids is 1. The Morgan fingerprint density at radius 3 is 2.70 bits per heavy atom. The molecule has 1 aliphatic carbocycles. The van der Waals surface area contributed by atoms with E-state index in [4.69, 9.17) is 4.74 Å². The van der Waals surface area contributed by atoms with Gasteiger partial charge in [-0.25, -0.2) is 0 Å². The van der Waals surface area contributed by atoms with Gasteiger partial charge < -0.3 is 9.84 Å². The molecule has 0 aromatic rings. The predicted molar refractivity (Wildman–Crippen MR) is 81.4 cm³/mol. The van der Waals surface area contributed by atoms with Gasteiger partial charge in [0.05, 0.1) is 19.1 Å². The van der Waals surface area contributed by atoms with Crippen LogP contribution in [-0.4, -0.2) is 23.8 Å². The van der Waals surface area contributed by atoms with E-state index in [1.807, 2.05) is 6.92 Å². The molecule has 0 aromatic heterocycles. The smallest absolute Gasteiger partial charge is 0.308 e. The predicted octanol–water partition coefficient (Wildman–Crippen LogP) is 3.85. The summed E-state index contributed by atoms with van der Waals surface area (Å²) in [4.78, 5) is 11.4. The van der Waals surface area contributed by atoms with Gasteiger partial charge in [0, 0.05) is 0 Å². The Bertz CT molecular complexity index is 370. The van der Waals surface area contributed by atoms with Crippen LogP contribution in [0.1, 0.15) is 66.2 Å². The van der Waals surface area contributed by atoms with Crippen LogP contribution in [0.3, 0.4) is 0 Å². The van der Waals surface area contributed by atoms with Gasteiger partial charge in [0.15, 0.2) is 0 Å². The van der Waals surface area contributed by atoms with E-state index in [1.54, 1.807) is 0 Å². The van der Waals surface area contributed by atoms with Crippen molar-refractivity contribution in [1.29, 1.82) is 0 Å². The molecule has 1 N–H and O–H groups in total. The van der Waals surface area contributed by atoms with Crippen molar-refractivity contribution in [2.24, 2.45) is 11.3 Å². The van der Waals surface area contributed by atoms with E-state index in [2.05, 4.69) is 26.8 Å². The molecule has 3 heteroatoms. The average molecular weight is 282 g/mol. The third kappa shape index (κ3) is 4.34. The van der Waals surface area contributed by atoms with Gasteiger partial charge in [-0.05, 0) is 50.4 Å². The maximum Gasteiger partial charge on any atom is 0.308 e. The summed E-state index contributed by atoms with van der Waals surface area (Å²) in [5.41, 5.74) is 0.775. The van der Waals surface area contributed by atoms with Crippen LogP contribution in [0.15, 0.2) is 11.6 Å². The Hall–Kier alpha value is -0.830. The molecule has 1 rings (SSSR count). The molecule has 2 atom stereocenters. The van der Waals surface area contributed by atoms with E-state index in [0.717, 1.165) is 12.8 Å². The number of methoxy groups -OCH3 is 1. The van der Waals surface area contributed by atoms with E-state index >= 15 is 0 Å². The molecule has 116 valence electrons. The Balaban J connectivity index is 2.69. The number of allylic oxidation sites excluding steroid dienone is 2. The Labute approximate surface area is 123 Å². The maximum absolute atomic E-state index is 11.4. The lowest BCUT2D eigenvalue weighted by molar-refractivity contribution is -0.146. The number of hydrogen-bond acceptors (Lipinski definition) is 3. The highest BCUT2D eigenvalue weighted by atomic mass is 16.5. The van der Waals surface area contributed by atoms with Crippen LogP contribution in [0.2, 0.25) is 0 Å². The largest absolute Gasteiger partial charge is 0.469 e. The van der Waals surface area contributed by atoms with Crippen molar-refractivity contribution in [2.75, 3.05) is 7.11 Å². The minimum atomic E-state index is -0.930. The Kier molecular flexibility index (Phi) is 5.81. The number of aliphatic hydroxyl groups is 1. The van der Waals surface area contributed by atoms with Crippen molar-refractivity contribution < 1.29 is 14.6 Å². The molecule has 0 saturated carbocycles. The fraction of sp³-hybridized carbons (Fsp3) is 0.824. The zero-order chi connectivity index (χ0) is 15.4. The van der Waals surface area contributed by atoms with Gasteiger partial charge in [0.1, 0.15) is 0 Å². The van der Waals surface area contributed by atoms with Gasteiger partial charge in [-0.2, -0.15) is 0 Å². The molecule has 0 aromatic carbocycles. The van der Waals surface area contributed by atoms with Gasteiger partial charge >= 0.3 is 5.97 Å². The molecule has 0 spiro atoms. The van der Waals surface area contributed by atoms with Gasteiger partial charge in [-0.1, -0.05) is 32.4 Å². The molecule has 20 heavy (non-hydrogen) atoms. The topological polar surface area (TPSA) is 46.5 Å². The monoisotopic (exact) mass is 282 g/mol. The molecular weight excluding hydrogens is 252 g/mol. The summed E-state index contributed by atoms with van der Waals surface area (Å²) in [5, 5.41) is 10.6. The van der Waals surface area contributed by atoms with Crippen molar-refractivity contribution >= 4 is 5.97 Å². The zero-order valence-corrected chi connectivity index (χ0v) is 13.7. The van der Waals surface area contributed by atoms with Gasteiger partial charge in [-0.15, -0.1) is 0 Å². The van der Waals surface area contributed by atoms with Crippen LogP contribution < -0.4 is 0 Å². The first kappa shape index (κ1) is 17.2. The lowest BCUT2D eigenvalue weighted by Gasteiger charge is -2.40. The molecular formula is C17H30O3. The van der Waals surface area contributed by atoms with E-state index in [-0.39, 0.29) is 17.8 Å². The van der Waals surface area contributed by atoms with Crippen LogP contribution in [0.5, 0.6) is 0 Å². The number of ether oxygens (including phenoxy) is 1. The number of carbonyl (C=O) groups is 1. The molecule has 3 nitrogen and oxygen atoms in total. The van der Waals surface area contributed by atoms with E-state index < -0.39 is 5.60 Å². The lowest BCUT2D eigenvalue weighted by atomic mass is 9.66. The summed E-state index contributed by atoms with van der Waals surface area (Å²) >= 11 is 0. The maximum atomic E-state index is 11.4. The molecule has 0 amide bonds. The fourth-order valence-electron chi connectivity index (χ4n) is 3.37. The minimum Gasteiger partial charge on any atom is -0.469 e. The number of esters is 1. The highest BCUT2D eigenvalue weighted by Gasteiger charge is 2.36. The summed E-state index contributed by atoms with van der Waals surface area (Å²) in [7, 11) is 1.37. The molecule has 0 saturated heterocycles. The van der Waals surface area contributed by atoms with Crippen molar-refractivity contribution in [3.8, 4) is 0 Å². The molecule has 0 fully saturated rings. The van der Waals surface area contributed by atoms with Crippen LogP contribution in [0.4, 0.5) is 0 Å². The van der Waals surface area contributed by atoms with E-state index in [1.165, 1.54) is 19.1 Å². The summed E-state index contributed by atoms with van der Waals surface area (Å²) in [5.74, 6) is 0.163.